The van der Waals surface area contributed by atoms with Crippen molar-refractivity contribution in [2.24, 2.45) is 0 Å². The van der Waals surface area contributed by atoms with Crippen molar-refractivity contribution in [1.29, 1.82) is 0 Å². The van der Waals surface area contributed by atoms with Gasteiger partial charge in [-0.05, 0) is 26.0 Å². The number of amides is 2. The van der Waals surface area contributed by atoms with E-state index in [9.17, 15) is 14.4 Å². The van der Waals surface area contributed by atoms with E-state index in [-0.39, 0.29) is 6.61 Å². The van der Waals surface area contributed by atoms with Crippen LogP contribution in [-0.4, -0.2) is 31.0 Å². The third-order valence-corrected chi connectivity index (χ3v) is 3.67. The molecule has 0 saturated carbocycles. The fourth-order valence-electron chi connectivity index (χ4n) is 2.71. The van der Waals surface area contributed by atoms with Crippen LogP contribution < -0.4 is 4.90 Å². The van der Waals surface area contributed by atoms with Crippen LogP contribution in [0.15, 0.2) is 24.0 Å². The van der Waals surface area contributed by atoms with Crippen molar-refractivity contribution < 1.29 is 23.9 Å². The zero-order valence-corrected chi connectivity index (χ0v) is 14.3. The Hall–Kier alpha value is -2.63. The molecule has 0 bridgehead atoms. The fraction of sp³-hybridized carbons (Fsp3) is 0.389. The van der Waals surface area contributed by atoms with E-state index in [2.05, 4.69) is 0 Å². The lowest BCUT2D eigenvalue weighted by Gasteiger charge is -2.13. The van der Waals surface area contributed by atoms with Gasteiger partial charge in [0.05, 0.1) is 30.0 Å². The Morgan fingerprint density at radius 3 is 2.29 bits per heavy atom. The number of carbonyl (C=O) groups is 3. The van der Waals surface area contributed by atoms with Gasteiger partial charge in [0.2, 0.25) is 5.91 Å². The highest BCUT2D eigenvalue weighted by atomic mass is 16.5. The van der Waals surface area contributed by atoms with Crippen LogP contribution in [0.25, 0.3) is 5.57 Å². The Morgan fingerprint density at radius 1 is 1.08 bits per heavy atom. The molecule has 1 aromatic rings. The van der Waals surface area contributed by atoms with Gasteiger partial charge >= 0.3 is 5.97 Å². The van der Waals surface area contributed by atoms with Gasteiger partial charge in [-0.15, -0.1) is 0 Å². The number of hydrogen-bond acceptors (Lipinski definition) is 5. The first-order valence-corrected chi connectivity index (χ1v) is 7.98. The first-order valence-electron chi connectivity index (χ1n) is 7.98. The van der Waals surface area contributed by atoms with E-state index in [0.29, 0.717) is 41.2 Å². The number of esters is 1. The molecule has 0 spiro atoms. The number of fused-ring (bicyclic) bond motifs is 1. The minimum absolute atomic E-state index is 0.251. The van der Waals surface area contributed by atoms with Gasteiger partial charge < -0.3 is 9.47 Å². The number of hydrogen-bond donors (Lipinski definition) is 0. The van der Waals surface area contributed by atoms with Gasteiger partial charge in [-0.2, -0.15) is 0 Å². The largest absolute Gasteiger partial charge is 0.497 e. The van der Waals surface area contributed by atoms with E-state index in [1.54, 1.807) is 19.1 Å². The molecule has 6 heteroatoms. The second-order valence-corrected chi connectivity index (χ2v) is 5.20. The van der Waals surface area contributed by atoms with Crippen molar-refractivity contribution in [3.05, 3.63) is 35.1 Å². The third kappa shape index (κ3) is 3.04. The molecule has 0 unspecified atom stereocenters. The predicted molar refractivity (Wildman–Crippen MR) is 89.4 cm³/mol. The minimum Gasteiger partial charge on any atom is -0.497 e. The number of nitrogens with zero attached hydrogens (tertiary/aromatic N) is 1. The first kappa shape index (κ1) is 17.7. The quantitative estimate of drug-likeness (QED) is 0.471. The van der Waals surface area contributed by atoms with Crippen LogP contribution in [0, 0.1) is 0 Å². The van der Waals surface area contributed by atoms with Crippen LogP contribution in [0.3, 0.4) is 0 Å². The van der Waals surface area contributed by atoms with E-state index in [4.69, 9.17) is 9.47 Å². The Kier molecular flexibility index (Phi) is 5.39. The van der Waals surface area contributed by atoms with E-state index in [1.807, 2.05) is 13.8 Å². The number of ether oxygens (including phenoxy) is 2. The second kappa shape index (κ2) is 7.29. The van der Waals surface area contributed by atoms with Crippen molar-refractivity contribution in [2.75, 3.05) is 18.1 Å². The standard InChI is InChI=1S/C18H21NO5/c1-5-15(23-6-2)16-13-9-8-12(18(22)24-7-3)10-14(13)19(11(4)20)17(16)21/h8-10H,5-7H2,1-4H3/b16-15+. The molecule has 0 aliphatic carbocycles. The van der Waals surface area contributed by atoms with Crippen molar-refractivity contribution in [3.8, 4) is 0 Å². The predicted octanol–water partition coefficient (Wildman–Crippen LogP) is 2.91. The third-order valence-electron chi connectivity index (χ3n) is 3.67. The number of carbonyl (C=O) groups excluding carboxylic acids is 3. The summed E-state index contributed by atoms with van der Waals surface area (Å²) in [5.74, 6) is -0.793. The molecule has 128 valence electrons. The number of benzene rings is 1. The van der Waals surface area contributed by atoms with Gasteiger partial charge in [0, 0.05) is 18.9 Å². The van der Waals surface area contributed by atoms with Gasteiger partial charge in [0.15, 0.2) is 0 Å². The number of imide groups is 1. The summed E-state index contributed by atoms with van der Waals surface area (Å²) in [6.07, 6.45) is 0.528. The van der Waals surface area contributed by atoms with Crippen LogP contribution in [0.2, 0.25) is 0 Å². The summed E-state index contributed by atoms with van der Waals surface area (Å²) >= 11 is 0. The smallest absolute Gasteiger partial charge is 0.338 e. The van der Waals surface area contributed by atoms with E-state index >= 15 is 0 Å². The van der Waals surface area contributed by atoms with Gasteiger partial charge in [0.25, 0.3) is 5.91 Å². The van der Waals surface area contributed by atoms with Crippen molar-refractivity contribution >= 4 is 29.0 Å². The molecule has 1 aromatic carbocycles. The summed E-state index contributed by atoms with van der Waals surface area (Å²) in [5, 5.41) is 0. The van der Waals surface area contributed by atoms with E-state index < -0.39 is 17.8 Å². The van der Waals surface area contributed by atoms with Crippen LogP contribution in [0.5, 0.6) is 0 Å². The highest BCUT2D eigenvalue weighted by Crippen LogP contribution is 2.40. The summed E-state index contributed by atoms with van der Waals surface area (Å²) < 4.78 is 10.6. The molecule has 0 N–H and O–H groups in total. The van der Waals surface area contributed by atoms with Gasteiger partial charge in [-0.3, -0.25) is 9.59 Å². The summed E-state index contributed by atoms with van der Waals surface area (Å²) in [6.45, 7) is 7.43. The maximum atomic E-state index is 12.7. The Morgan fingerprint density at radius 2 is 1.75 bits per heavy atom. The fourth-order valence-corrected chi connectivity index (χ4v) is 2.71. The summed E-state index contributed by atoms with van der Waals surface area (Å²) in [6, 6.07) is 4.76. The molecular weight excluding hydrogens is 310 g/mol. The molecule has 0 radical (unpaired) electrons. The topological polar surface area (TPSA) is 72.9 Å². The lowest BCUT2D eigenvalue weighted by Crippen LogP contribution is -2.31. The number of rotatable bonds is 5. The molecule has 2 rings (SSSR count). The van der Waals surface area contributed by atoms with E-state index in [0.717, 1.165) is 4.90 Å². The van der Waals surface area contributed by atoms with Crippen molar-refractivity contribution in [2.45, 2.75) is 34.1 Å². The normalized spacial score (nSPS) is 15.2. The van der Waals surface area contributed by atoms with Crippen LogP contribution >= 0.6 is 0 Å². The lowest BCUT2D eigenvalue weighted by atomic mass is 10.0. The molecule has 1 aliphatic heterocycles. The molecule has 2 amide bonds. The summed E-state index contributed by atoms with van der Waals surface area (Å²) in [7, 11) is 0. The molecule has 0 atom stereocenters. The molecule has 0 fully saturated rings. The Labute approximate surface area is 141 Å². The second-order valence-electron chi connectivity index (χ2n) is 5.20. The van der Waals surface area contributed by atoms with Gasteiger partial charge in [-0.25, -0.2) is 9.69 Å². The average molecular weight is 331 g/mol. The van der Waals surface area contributed by atoms with Crippen LogP contribution in [-0.2, 0) is 19.1 Å². The monoisotopic (exact) mass is 331 g/mol. The van der Waals surface area contributed by atoms with Gasteiger partial charge in [-0.1, -0.05) is 13.0 Å². The molecule has 1 aliphatic rings. The molecule has 6 nitrogen and oxygen atoms in total. The maximum Gasteiger partial charge on any atom is 0.338 e. The molecule has 1 heterocycles. The molecule has 24 heavy (non-hydrogen) atoms. The molecule has 0 saturated heterocycles. The van der Waals surface area contributed by atoms with Crippen molar-refractivity contribution in [3.63, 3.8) is 0 Å². The minimum atomic E-state index is -0.491. The number of allylic oxidation sites excluding steroid dienone is 1. The Bertz CT molecular complexity index is 720. The molecular formula is C18H21NO5. The number of anilines is 1. The van der Waals surface area contributed by atoms with Crippen LogP contribution in [0.4, 0.5) is 5.69 Å². The Balaban J connectivity index is 2.63. The highest BCUT2D eigenvalue weighted by Gasteiger charge is 2.38. The molecule has 0 aromatic heterocycles. The summed E-state index contributed by atoms with van der Waals surface area (Å²) in [4.78, 5) is 37.7. The maximum absolute atomic E-state index is 12.7. The zero-order chi connectivity index (χ0) is 17.9. The van der Waals surface area contributed by atoms with Gasteiger partial charge in [0.1, 0.15) is 5.76 Å². The highest BCUT2D eigenvalue weighted by molar-refractivity contribution is 6.40. The first-order chi connectivity index (χ1) is 11.5. The average Bonchev–Trinajstić information content (AvgIpc) is 2.84. The SMILES string of the molecule is CCOC(=O)c1ccc2c(c1)N(C(C)=O)C(=O)/C2=C(\CC)OCC. The zero-order valence-electron chi connectivity index (χ0n) is 14.3. The van der Waals surface area contributed by atoms with E-state index in [1.165, 1.54) is 13.0 Å². The lowest BCUT2D eigenvalue weighted by molar-refractivity contribution is -0.122. The van der Waals surface area contributed by atoms with Crippen molar-refractivity contribution in [1.82, 2.24) is 0 Å². The summed E-state index contributed by atoms with van der Waals surface area (Å²) in [5.41, 5.74) is 1.65. The van der Waals surface area contributed by atoms with Crippen LogP contribution in [0.1, 0.15) is 50.0 Å².